The maximum absolute atomic E-state index is 11.5. The van der Waals surface area contributed by atoms with Crippen molar-refractivity contribution < 1.29 is 21.8 Å². The number of nitro benzene ring substituents is 1. The summed E-state index contributed by atoms with van der Waals surface area (Å²) < 4.78 is 45.8. The average Bonchev–Trinajstić information content (AvgIpc) is 2.13. The second-order valence-electron chi connectivity index (χ2n) is 3.66. The number of rotatable bonds is 3. The summed E-state index contributed by atoms with van der Waals surface area (Å²) >= 11 is 0. The number of nitro groups is 1. The van der Waals surface area contributed by atoms with Crippen molar-refractivity contribution >= 4 is 31.0 Å². The lowest BCUT2D eigenvalue weighted by Crippen LogP contribution is -2.10. The Hall–Kier alpha value is -1.68. The van der Waals surface area contributed by atoms with Crippen LogP contribution in [0.15, 0.2) is 21.9 Å². The monoisotopic (exact) mass is 294 g/mol. The van der Waals surface area contributed by atoms with Gasteiger partial charge in [-0.05, 0) is 6.07 Å². The zero-order chi connectivity index (χ0) is 14.3. The highest BCUT2D eigenvalue weighted by Crippen LogP contribution is 2.31. The van der Waals surface area contributed by atoms with Crippen molar-refractivity contribution in [3.05, 3.63) is 22.2 Å². The molecular formula is C8H10N2O6S2. The van der Waals surface area contributed by atoms with E-state index in [1.165, 1.54) is 0 Å². The molecule has 100 valence electrons. The molecule has 0 atom stereocenters. The summed E-state index contributed by atoms with van der Waals surface area (Å²) in [7, 11) is -7.79. The van der Waals surface area contributed by atoms with Crippen molar-refractivity contribution in [2.75, 3.05) is 18.2 Å². The predicted octanol–water partition coefficient (Wildman–Crippen LogP) is -0.0160. The van der Waals surface area contributed by atoms with Crippen LogP contribution in [0.5, 0.6) is 0 Å². The summed E-state index contributed by atoms with van der Waals surface area (Å²) in [4.78, 5) is 8.58. The molecule has 8 nitrogen and oxygen atoms in total. The second-order valence-corrected chi connectivity index (χ2v) is 7.63. The van der Waals surface area contributed by atoms with Gasteiger partial charge >= 0.3 is 0 Å². The van der Waals surface area contributed by atoms with Gasteiger partial charge in [-0.3, -0.25) is 10.1 Å². The van der Waals surface area contributed by atoms with Crippen molar-refractivity contribution in [3.63, 3.8) is 0 Å². The van der Waals surface area contributed by atoms with Crippen LogP contribution in [-0.4, -0.2) is 34.3 Å². The van der Waals surface area contributed by atoms with Crippen LogP contribution in [-0.2, 0) is 19.7 Å². The van der Waals surface area contributed by atoms with Gasteiger partial charge in [-0.1, -0.05) is 0 Å². The zero-order valence-corrected chi connectivity index (χ0v) is 11.1. The van der Waals surface area contributed by atoms with Gasteiger partial charge in [0.25, 0.3) is 5.69 Å². The van der Waals surface area contributed by atoms with E-state index in [-0.39, 0.29) is 0 Å². The highest BCUT2D eigenvalue weighted by Gasteiger charge is 2.26. The van der Waals surface area contributed by atoms with Crippen molar-refractivity contribution in [1.29, 1.82) is 0 Å². The van der Waals surface area contributed by atoms with Crippen LogP contribution in [0.3, 0.4) is 0 Å². The maximum atomic E-state index is 11.5. The van der Waals surface area contributed by atoms with Crippen LogP contribution in [0, 0.1) is 10.1 Å². The first kappa shape index (κ1) is 14.4. The average molecular weight is 294 g/mol. The topological polar surface area (TPSA) is 137 Å². The highest BCUT2D eigenvalue weighted by atomic mass is 32.2. The van der Waals surface area contributed by atoms with Gasteiger partial charge in [-0.25, -0.2) is 16.8 Å². The third-order valence-corrected chi connectivity index (χ3v) is 4.49. The van der Waals surface area contributed by atoms with Crippen LogP contribution in [0.25, 0.3) is 0 Å². The first-order valence-corrected chi connectivity index (χ1v) is 8.21. The van der Waals surface area contributed by atoms with Gasteiger partial charge in [-0.15, -0.1) is 0 Å². The Bertz CT molecular complexity index is 720. The van der Waals surface area contributed by atoms with E-state index >= 15 is 0 Å². The van der Waals surface area contributed by atoms with E-state index in [1.807, 2.05) is 0 Å². The summed E-state index contributed by atoms with van der Waals surface area (Å²) in [6.07, 6.45) is 1.55. The van der Waals surface area contributed by atoms with E-state index in [1.54, 1.807) is 0 Å². The number of nitrogens with zero attached hydrogens (tertiary/aromatic N) is 1. The minimum atomic E-state index is -3.93. The SMILES string of the molecule is CS(=O)(=O)c1cc(N)c([N+](=O)[O-])cc1S(C)(=O)=O. The van der Waals surface area contributed by atoms with E-state index < -0.39 is 45.8 Å². The number of sulfone groups is 2. The van der Waals surface area contributed by atoms with E-state index in [0.29, 0.717) is 6.07 Å². The molecule has 18 heavy (non-hydrogen) atoms. The largest absolute Gasteiger partial charge is 0.393 e. The molecule has 0 amide bonds. The van der Waals surface area contributed by atoms with Crippen LogP contribution < -0.4 is 5.73 Å². The summed E-state index contributed by atoms with van der Waals surface area (Å²) in [5.74, 6) is 0. The number of hydrogen-bond donors (Lipinski definition) is 1. The lowest BCUT2D eigenvalue weighted by Gasteiger charge is -2.07. The molecule has 0 aliphatic carbocycles. The Morgan fingerprint density at radius 1 is 1.06 bits per heavy atom. The standard InChI is InChI=1S/C8H10N2O6S2/c1-17(13,14)7-3-5(9)6(10(11)12)4-8(7)18(2,15)16/h3-4H,9H2,1-2H3. The molecule has 0 unspecified atom stereocenters. The number of benzene rings is 1. The molecule has 0 heterocycles. The molecule has 1 rings (SSSR count). The van der Waals surface area contributed by atoms with Crippen LogP contribution >= 0.6 is 0 Å². The minimum absolute atomic E-state index is 0.409. The predicted molar refractivity (Wildman–Crippen MR) is 63.7 cm³/mol. The normalized spacial score (nSPS) is 12.3. The number of nitrogens with two attached hydrogens (primary N) is 1. The molecule has 0 saturated carbocycles. The Kier molecular flexibility index (Phi) is 3.36. The van der Waals surface area contributed by atoms with Gasteiger partial charge in [0.15, 0.2) is 19.7 Å². The van der Waals surface area contributed by atoms with Crippen molar-refractivity contribution in [1.82, 2.24) is 0 Å². The fraction of sp³-hybridized carbons (Fsp3) is 0.250. The molecule has 0 bridgehead atoms. The van der Waals surface area contributed by atoms with Gasteiger partial charge in [0.1, 0.15) is 5.69 Å². The molecule has 0 aromatic heterocycles. The Morgan fingerprint density at radius 2 is 1.44 bits per heavy atom. The number of hydrogen-bond acceptors (Lipinski definition) is 7. The van der Waals surface area contributed by atoms with Gasteiger partial charge in [-0.2, -0.15) is 0 Å². The lowest BCUT2D eigenvalue weighted by atomic mass is 10.3. The second kappa shape index (κ2) is 4.21. The summed E-state index contributed by atoms with van der Waals surface area (Å²) in [5.41, 5.74) is 4.27. The molecule has 0 aliphatic rings. The molecule has 1 aromatic rings. The highest BCUT2D eigenvalue weighted by molar-refractivity contribution is 7.93. The Balaban J connectivity index is 3.87. The molecule has 0 aliphatic heterocycles. The molecule has 0 fully saturated rings. The first-order valence-electron chi connectivity index (χ1n) is 4.42. The van der Waals surface area contributed by atoms with E-state index in [4.69, 9.17) is 5.73 Å². The van der Waals surface area contributed by atoms with Crippen molar-refractivity contribution in [3.8, 4) is 0 Å². The van der Waals surface area contributed by atoms with Crippen LogP contribution in [0.4, 0.5) is 11.4 Å². The summed E-state index contributed by atoms with van der Waals surface area (Å²) in [6.45, 7) is 0. The summed E-state index contributed by atoms with van der Waals surface area (Å²) in [5, 5.41) is 10.6. The lowest BCUT2D eigenvalue weighted by molar-refractivity contribution is -0.384. The molecule has 0 saturated heterocycles. The fourth-order valence-electron chi connectivity index (χ4n) is 1.30. The fourth-order valence-corrected chi connectivity index (χ4v) is 3.73. The maximum Gasteiger partial charge on any atom is 0.293 e. The molecular weight excluding hydrogens is 284 g/mol. The Labute approximate surface area is 103 Å². The van der Waals surface area contributed by atoms with Crippen LogP contribution in [0.1, 0.15) is 0 Å². The number of nitrogen functional groups attached to an aromatic ring is 1. The van der Waals surface area contributed by atoms with Crippen molar-refractivity contribution in [2.45, 2.75) is 9.79 Å². The van der Waals surface area contributed by atoms with Crippen LogP contribution in [0.2, 0.25) is 0 Å². The quantitative estimate of drug-likeness (QED) is 0.469. The molecule has 10 heteroatoms. The van der Waals surface area contributed by atoms with Gasteiger partial charge < -0.3 is 5.73 Å². The molecule has 1 aromatic carbocycles. The smallest absolute Gasteiger partial charge is 0.293 e. The van der Waals surface area contributed by atoms with Gasteiger partial charge in [0.2, 0.25) is 0 Å². The molecule has 0 radical (unpaired) electrons. The van der Waals surface area contributed by atoms with Gasteiger partial charge in [0, 0.05) is 18.6 Å². The first-order chi connectivity index (χ1) is 7.94. The van der Waals surface area contributed by atoms with E-state index in [0.717, 1.165) is 18.6 Å². The van der Waals surface area contributed by atoms with Gasteiger partial charge in [0.05, 0.1) is 14.7 Å². The van der Waals surface area contributed by atoms with E-state index in [9.17, 15) is 26.9 Å². The molecule has 0 spiro atoms. The number of anilines is 1. The van der Waals surface area contributed by atoms with E-state index in [2.05, 4.69) is 0 Å². The molecule has 2 N–H and O–H groups in total. The third-order valence-electron chi connectivity index (χ3n) is 2.09. The third kappa shape index (κ3) is 2.76. The summed E-state index contributed by atoms with van der Waals surface area (Å²) in [6, 6.07) is 1.44. The van der Waals surface area contributed by atoms with Crippen molar-refractivity contribution in [2.24, 2.45) is 0 Å². The minimum Gasteiger partial charge on any atom is -0.393 e. The Morgan fingerprint density at radius 3 is 1.78 bits per heavy atom. The zero-order valence-electron chi connectivity index (χ0n) is 9.45.